The van der Waals surface area contributed by atoms with E-state index in [0.29, 0.717) is 16.7 Å². The van der Waals surface area contributed by atoms with Crippen LogP contribution in [0.2, 0.25) is 0 Å². The third-order valence-corrected chi connectivity index (χ3v) is 4.23. The van der Waals surface area contributed by atoms with Gasteiger partial charge in [0.05, 0.1) is 17.1 Å². The number of primary amides is 1. The number of urea groups is 1. The second kappa shape index (κ2) is 8.37. The minimum atomic E-state index is -1.16. The average Bonchev–Trinajstić information content (AvgIpc) is 3.01. The molecule has 0 spiro atoms. The van der Waals surface area contributed by atoms with Crippen molar-refractivity contribution >= 4 is 28.9 Å². The summed E-state index contributed by atoms with van der Waals surface area (Å²) in [6.45, 7) is 11.3. The van der Waals surface area contributed by atoms with Gasteiger partial charge in [0, 0.05) is 11.7 Å². The Balaban J connectivity index is 2.48. The molecule has 0 unspecified atom stereocenters. The van der Waals surface area contributed by atoms with Gasteiger partial charge in [-0.05, 0) is 31.7 Å². The number of rotatable bonds is 6. The topological polar surface area (TPSA) is 129 Å². The summed E-state index contributed by atoms with van der Waals surface area (Å²) < 4.78 is 7.18. The molecule has 0 fully saturated rings. The average molecular weight is 389 g/mol. The number of nitrogens with one attached hydrogen (secondary N) is 1. The molecule has 0 aliphatic carbocycles. The molecule has 28 heavy (non-hydrogen) atoms. The molecule has 2 heterocycles. The summed E-state index contributed by atoms with van der Waals surface area (Å²) in [5.74, 6) is -1.73. The van der Waals surface area contributed by atoms with Gasteiger partial charge in [-0.3, -0.25) is 10.1 Å². The molecule has 1 atom stereocenters. The Morgan fingerprint density at radius 1 is 1.14 bits per heavy atom. The normalized spacial score (nSPS) is 12.6. The zero-order valence-corrected chi connectivity index (χ0v) is 17.0. The number of carbonyl (C=O) groups excluding carboxylic acids is 3. The maximum Gasteiger partial charge on any atom is 0.339 e. The maximum atomic E-state index is 12.9. The van der Waals surface area contributed by atoms with Crippen molar-refractivity contribution in [3.8, 4) is 0 Å². The van der Waals surface area contributed by atoms with Gasteiger partial charge < -0.3 is 10.5 Å². The smallest absolute Gasteiger partial charge is 0.339 e. The fraction of sp³-hybridized carbons (Fsp3) is 0.526. The molecule has 152 valence electrons. The number of esters is 1. The molecule has 0 saturated carbocycles. The minimum Gasteiger partial charge on any atom is -0.448 e. The van der Waals surface area contributed by atoms with Crippen LogP contribution >= 0.6 is 0 Å². The number of nitrogens with zero attached hydrogens (tertiary/aromatic N) is 3. The van der Waals surface area contributed by atoms with Crippen molar-refractivity contribution in [3.63, 3.8) is 0 Å². The maximum absolute atomic E-state index is 12.9. The molecule has 9 nitrogen and oxygen atoms in total. The molecular weight excluding hydrogens is 362 g/mol. The summed E-state index contributed by atoms with van der Waals surface area (Å²) in [5, 5.41) is 6.84. The lowest BCUT2D eigenvalue weighted by Crippen LogP contribution is -2.45. The first-order valence-corrected chi connectivity index (χ1v) is 9.22. The van der Waals surface area contributed by atoms with Crippen LogP contribution in [0, 0.1) is 5.92 Å². The van der Waals surface area contributed by atoms with Crippen LogP contribution in [0.4, 0.5) is 4.79 Å². The largest absolute Gasteiger partial charge is 0.448 e. The molecule has 9 heteroatoms. The van der Waals surface area contributed by atoms with Crippen molar-refractivity contribution in [3.05, 3.63) is 23.5 Å². The van der Waals surface area contributed by atoms with Crippen molar-refractivity contribution in [2.75, 3.05) is 0 Å². The van der Waals surface area contributed by atoms with Crippen molar-refractivity contribution in [2.45, 2.75) is 59.6 Å². The summed E-state index contributed by atoms with van der Waals surface area (Å²) in [6.07, 6.45) is 0.405. The second-order valence-electron chi connectivity index (χ2n) is 7.59. The summed E-state index contributed by atoms with van der Waals surface area (Å²) >= 11 is 0. The van der Waals surface area contributed by atoms with E-state index in [4.69, 9.17) is 10.5 Å². The predicted molar refractivity (Wildman–Crippen MR) is 104 cm³/mol. The monoisotopic (exact) mass is 389 g/mol. The van der Waals surface area contributed by atoms with E-state index in [-0.39, 0.29) is 23.4 Å². The number of amides is 3. The molecular formula is C19H27N5O4. The Kier molecular flexibility index (Phi) is 6.37. The van der Waals surface area contributed by atoms with Crippen LogP contribution in [-0.2, 0) is 9.53 Å². The third-order valence-electron chi connectivity index (χ3n) is 4.23. The summed E-state index contributed by atoms with van der Waals surface area (Å²) in [6, 6.07) is 0.713. The fourth-order valence-electron chi connectivity index (χ4n) is 2.74. The summed E-state index contributed by atoms with van der Waals surface area (Å²) in [4.78, 5) is 40.7. The Morgan fingerprint density at radius 3 is 2.29 bits per heavy atom. The van der Waals surface area contributed by atoms with E-state index in [1.165, 1.54) is 0 Å². The van der Waals surface area contributed by atoms with Gasteiger partial charge in [0.1, 0.15) is 0 Å². The third kappa shape index (κ3) is 4.47. The van der Waals surface area contributed by atoms with E-state index < -0.39 is 24.0 Å². The van der Waals surface area contributed by atoms with E-state index in [2.05, 4.69) is 10.1 Å². The standard InChI is InChI=1S/C19H27N5O4/c1-9(2)14-7-12(13-8-21-24(11(5)6)16(13)22-14)18(26)28-15(10(3)4)17(25)23-19(20)27/h7-11,15H,1-6H3,(H3,20,23,25,27)/t15-/m0/s1. The molecule has 0 aliphatic rings. The van der Waals surface area contributed by atoms with E-state index >= 15 is 0 Å². The number of carbonyl (C=O) groups is 3. The van der Waals surface area contributed by atoms with Gasteiger partial charge in [-0.15, -0.1) is 0 Å². The SMILES string of the molecule is CC(C)c1cc(C(=O)O[C@H](C(=O)NC(N)=O)C(C)C)c2cnn(C(C)C)c2n1. The predicted octanol–water partition coefficient (Wildman–Crippen LogP) is 2.51. The van der Waals surface area contributed by atoms with Gasteiger partial charge >= 0.3 is 12.0 Å². The highest BCUT2D eigenvalue weighted by atomic mass is 16.5. The van der Waals surface area contributed by atoms with E-state index in [1.807, 2.05) is 33.0 Å². The lowest BCUT2D eigenvalue weighted by molar-refractivity contribution is -0.130. The lowest BCUT2D eigenvalue weighted by atomic mass is 10.0. The highest BCUT2D eigenvalue weighted by molar-refractivity contribution is 6.04. The van der Waals surface area contributed by atoms with Crippen LogP contribution in [0.15, 0.2) is 12.3 Å². The molecule has 2 aromatic rings. The number of aromatic nitrogens is 3. The van der Waals surface area contributed by atoms with Crippen LogP contribution in [-0.4, -0.2) is 38.8 Å². The Morgan fingerprint density at radius 2 is 1.79 bits per heavy atom. The number of hydrogen-bond acceptors (Lipinski definition) is 6. The van der Waals surface area contributed by atoms with Gasteiger partial charge in [0.15, 0.2) is 11.8 Å². The lowest BCUT2D eigenvalue weighted by Gasteiger charge is -2.20. The number of nitrogens with two attached hydrogens (primary N) is 1. The highest BCUT2D eigenvalue weighted by Gasteiger charge is 2.29. The number of hydrogen-bond donors (Lipinski definition) is 2. The van der Waals surface area contributed by atoms with E-state index in [9.17, 15) is 14.4 Å². The zero-order valence-electron chi connectivity index (χ0n) is 17.0. The van der Waals surface area contributed by atoms with Gasteiger partial charge in [-0.1, -0.05) is 27.7 Å². The van der Waals surface area contributed by atoms with Crippen LogP contribution in [0.3, 0.4) is 0 Å². The molecule has 0 saturated heterocycles. The van der Waals surface area contributed by atoms with E-state index in [0.717, 1.165) is 0 Å². The van der Waals surface area contributed by atoms with Crippen LogP contribution in [0.5, 0.6) is 0 Å². The summed E-state index contributed by atoms with van der Waals surface area (Å²) in [5.41, 5.74) is 6.57. The first kappa shape index (κ1) is 21.3. The first-order chi connectivity index (χ1) is 13.0. The molecule has 3 amide bonds. The molecule has 0 radical (unpaired) electrons. The van der Waals surface area contributed by atoms with Crippen molar-refractivity contribution in [1.82, 2.24) is 20.1 Å². The molecule has 0 bridgehead atoms. The van der Waals surface area contributed by atoms with Gasteiger partial charge in [0.25, 0.3) is 5.91 Å². The second-order valence-corrected chi connectivity index (χ2v) is 7.59. The molecule has 3 N–H and O–H groups in total. The van der Waals surface area contributed by atoms with Crippen LogP contribution in [0.25, 0.3) is 11.0 Å². The zero-order chi connectivity index (χ0) is 21.2. The van der Waals surface area contributed by atoms with Gasteiger partial charge in [0.2, 0.25) is 0 Å². The van der Waals surface area contributed by atoms with Gasteiger partial charge in [-0.25, -0.2) is 19.3 Å². The quantitative estimate of drug-likeness (QED) is 0.730. The molecule has 0 aromatic carbocycles. The number of ether oxygens (including phenoxy) is 1. The highest BCUT2D eigenvalue weighted by Crippen LogP contribution is 2.25. The van der Waals surface area contributed by atoms with Crippen molar-refractivity contribution < 1.29 is 19.1 Å². The first-order valence-electron chi connectivity index (χ1n) is 9.22. The molecule has 2 aromatic heterocycles. The number of fused-ring (bicyclic) bond motifs is 1. The number of pyridine rings is 1. The number of imide groups is 1. The Hall–Kier alpha value is -2.97. The van der Waals surface area contributed by atoms with Gasteiger partial charge in [-0.2, -0.15) is 5.10 Å². The summed E-state index contributed by atoms with van der Waals surface area (Å²) in [7, 11) is 0. The fourth-order valence-corrected chi connectivity index (χ4v) is 2.74. The van der Waals surface area contributed by atoms with E-state index in [1.54, 1.807) is 30.8 Å². The molecule has 0 aliphatic heterocycles. The van der Waals surface area contributed by atoms with Crippen molar-refractivity contribution in [1.29, 1.82) is 0 Å². The minimum absolute atomic E-state index is 0.0565. The van der Waals surface area contributed by atoms with Crippen LogP contribution < -0.4 is 11.1 Å². The molecule has 2 rings (SSSR count). The van der Waals surface area contributed by atoms with Crippen molar-refractivity contribution in [2.24, 2.45) is 11.7 Å². The van der Waals surface area contributed by atoms with Crippen LogP contribution in [0.1, 0.15) is 69.6 Å². The Bertz CT molecular complexity index is 901. The Labute approximate surface area is 163 Å².